The van der Waals surface area contributed by atoms with Crippen LogP contribution in [0.1, 0.15) is 38.2 Å². The van der Waals surface area contributed by atoms with Crippen LogP contribution >= 0.6 is 0 Å². The second kappa shape index (κ2) is 7.19. The molecule has 0 saturated carbocycles. The van der Waals surface area contributed by atoms with E-state index in [4.69, 9.17) is 0 Å². The van der Waals surface area contributed by atoms with Gasteiger partial charge in [-0.05, 0) is 62.5 Å². The summed E-state index contributed by atoms with van der Waals surface area (Å²) in [5, 5.41) is 3.46. The Kier molecular flexibility index (Phi) is 5.55. The number of rotatable bonds is 6. The van der Waals surface area contributed by atoms with Crippen LogP contribution in [0.5, 0.6) is 0 Å². The molecule has 1 aromatic rings. The Morgan fingerprint density at radius 1 is 1.30 bits per heavy atom. The van der Waals surface area contributed by atoms with Gasteiger partial charge in [-0.2, -0.15) is 0 Å². The first-order valence-electron chi connectivity index (χ1n) is 7.77. The minimum absolute atomic E-state index is 0.138. The smallest absolute Gasteiger partial charge is 0.123 e. The first-order valence-corrected chi connectivity index (χ1v) is 7.77. The number of hydrogen-bond donors (Lipinski definition) is 1. The van der Waals surface area contributed by atoms with Gasteiger partial charge in [-0.15, -0.1) is 0 Å². The number of benzene rings is 1. The fourth-order valence-corrected chi connectivity index (χ4v) is 3.55. The van der Waals surface area contributed by atoms with Crippen molar-refractivity contribution in [3.05, 3.63) is 35.6 Å². The average Bonchev–Trinajstić information content (AvgIpc) is 2.39. The van der Waals surface area contributed by atoms with Crippen LogP contribution in [-0.2, 0) is 6.54 Å². The molecule has 1 fully saturated rings. The van der Waals surface area contributed by atoms with Crippen molar-refractivity contribution in [1.82, 2.24) is 10.2 Å². The quantitative estimate of drug-likeness (QED) is 0.857. The number of hydrogen-bond acceptors (Lipinski definition) is 2. The minimum atomic E-state index is -0.138. The third-order valence-electron chi connectivity index (χ3n) is 4.39. The number of nitrogens with one attached hydrogen (secondary N) is 1. The lowest BCUT2D eigenvalue weighted by Gasteiger charge is -2.40. The molecule has 0 amide bonds. The van der Waals surface area contributed by atoms with Crippen LogP contribution < -0.4 is 5.32 Å². The molecule has 0 spiro atoms. The van der Waals surface area contributed by atoms with E-state index in [1.54, 1.807) is 12.1 Å². The van der Waals surface area contributed by atoms with E-state index in [-0.39, 0.29) is 5.82 Å². The van der Waals surface area contributed by atoms with Crippen molar-refractivity contribution >= 4 is 0 Å². The maximum Gasteiger partial charge on any atom is 0.123 e. The van der Waals surface area contributed by atoms with E-state index in [0.717, 1.165) is 31.7 Å². The molecule has 0 radical (unpaired) electrons. The Balaban J connectivity index is 1.95. The zero-order valence-electron chi connectivity index (χ0n) is 12.8. The maximum atomic E-state index is 13.2. The summed E-state index contributed by atoms with van der Waals surface area (Å²) in [4.78, 5) is 2.36. The maximum absolute atomic E-state index is 13.2. The van der Waals surface area contributed by atoms with Crippen molar-refractivity contribution < 1.29 is 4.39 Å². The van der Waals surface area contributed by atoms with Gasteiger partial charge in [0.15, 0.2) is 0 Å². The van der Waals surface area contributed by atoms with Gasteiger partial charge in [0.05, 0.1) is 0 Å². The highest BCUT2D eigenvalue weighted by Gasteiger charge is 2.32. The molecule has 0 aliphatic carbocycles. The number of halogens is 1. The summed E-state index contributed by atoms with van der Waals surface area (Å²) in [6, 6.07) is 6.96. The highest BCUT2D eigenvalue weighted by atomic mass is 19.1. The van der Waals surface area contributed by atoms with Gasteiger partial charge < -0.3 is 10.2 Å². The summed E-state index contributed by atoms with van der Waals surface area (Å²) in [5.41, 5.74) is 1.51. The second-order valence-electron chi connectivity index (χ2n) is 6.30. The molecule has 2 nitrogen and oxygen atoms in total. The molecule has 0 atom stereocenters. The molecule has 1 aromatic carbocycles. The first-order chi connectivity index (χ1) is 9.63. The Labute approximate surface area is 122 Å². The molecule has 0 unspecified atom stereocenters. The molecule has 1 saturated heterocycles. The fraction of sp³-hybridized carbons (Fsp3) is 0.647. The van der Waals surface area contributed by atoms with Crippen LogP contribution in [0.4, 0.5) is 4.39 Å². The lowest BCUT2D eigenvalue weighted by atomic mass is 9.75. The van der Waals surface area contributed by atoms with Gasteiger partial charge in [-0.3, -0.25) is 0 Å². The lowest BCUT2D eigenvalue weighted by molar-refractivity contribution is 0.112. The van der Waals surface area contributed by atoms with Crippen molar-refractivity contribution in [3.63, 3.8) is 0 Å². The molecule has 112 valence electrons. The largest absolute Gasteiger partial charge is 0.317 e. The van der Waals surface area contributed by atoms with Crippen molar-refractivity contribution in [2.75, 3.05) is 26.7 Å². The van der Waals surface area contributed by atoms with Crippen molar-refractivity contribution in [3.8, 4) is 0 Å². The van der Waals surface area contributed by atoms with Crippen LogP contribution in [-0.4, -0.2) is 31.6 Å². The van der Waals surface area contributed by atoms with Crippen LogP contribution in [0, 0.1) is 11.2 Å². The van der Waals surface area contributed by atoms with Crippen LogP contribution in [0.15, 0.2) is 24.3 Å². The van der Waals surface area contributed by atoms with Gasteiger partial charge in [0.2, 0.25) is 0 Å². The molecular weight excluding hydrogens is 251 g/mol. The molecule has 2 rings (SSSR count). The molecule has 20 heavy (non-hydrogen) atoms. The fourth-order valence-electron chi connectivity index (χ4n) is 3.55. The van der Waals surface area contributed by atoms with Crippen molar-refractivity contribution in [2.45, 2.75) is 39.2 Å². The third-order valence-corrected chi connectivity index (χ3v) is 4.39. The topological polar surface area (TPSA) is 15.3 Å². The monoisotopic (exact) mass is 278 g/mol. The van der Waals surface area contributed by atoms with Gasteiger partial charge in [-0.1, -0.05) is 25.5 Å². The van der Waals surface area contributed by atoms with E-state index in [9.17, 15) is 4.39 Å². The Hall–Kier alpha value is -0.930. The summed E-state index contributed by atoms with van der Waals surface area (Å²) in [7, 11) is 2.16. The molecule has 1 aliphatic rings. The van der Waals surface area contributed by atoms with Gasteiger partial charge in [0.25, 0.3) is 0 Å². The lowest BCUT2D eigenvalue weighted by Crippen LogP contribution is -2.43. The van der Waals surface area contributed by atoms with E-state index in [1.807, 2.05) is 6.07 Å². The predicted molar refractivity (Wildman–Crippen MR) is 82.2 cm³/mol. The Bertz CT molecular complexity index is 408. The highest BCUT2D eigenvalue weighted by molar-refractivity contribution is 5.16. The summed E-state index contributed by atoms with van der Waals surface area (Å²) >= 11 is 0. The predicted octanol–water partition coefficient (Wildman–Crippen LogP) is 3.43. The van der Waals surface area contributed by atoms with E-state index in [0.29, 0.717) is 5.41 Å². The molecule has 1 aliphatic heterocycles. The van der Waals surface area contributed by atoms with Crippen molar-refractivity contribution in [1.29, 1.82) is 0 Å². The van der Waals surface area contributed by atoms with Crippen LogP contribution in [0.3, 0.4) is 0 Å². The number of nitrogens with zero attached hydrogens (tertiary/aromatic N) is 1. The summed E-state index contributed by atoms with van der Waals surface area (Å²) in [6.45, 7) is 6.48. The SMILES string of the molecule is CCCC1(CN(C)Cc2cccc(F)c2)CCNCC1. The van der Waals surface area contributed by atoms with Crippen molar-refractivity contribution in [2.24, 2.45) is 5.41 Å². The zero-order valence-corrected chi connectivity index (χ0v) is 12.8. The molecule has 1 heterocycles. The summed E-state index contributed by atoms with van der Waals surface area (Å²) in [6.07, 6.45) is 5.05. The van der Waals surface area contributed by atoms with Gasteiger partial charge in [0, 0.05) is 13.1 Å². The van der Waals surface area contributed by atoms with E-state index in [1.165, 1.54) is 31.7 Å². The van der Waals surface area contributed by atoms with Gasteiger partial charge in [-0.25, -0.2) is 4.39 Å². The Morgan fingerprint density at radius 2 is 2.05 bits per heavy atom. The second-order valence-corrected chi connectivity index (χ2v) is 6.30. The zero-order chi connectivity index (χ0) is 14.4. The summed E-state index contributed by atoms with van der Waals surface area (Å²) < 4.78 is 13.2. The third kappa shape index (κ3) is 4.29. The Morgan fingerprint density at radius 3 is 2.70 bits per heavy atom. The van der Waals surface area contributed by atoms with E-state index >= 15 is 0 Å². The minimum Gasteiger partial charge on any atom is -0.317 e. The molecule has 0 bridgehead atoms. The summed E-state index contributed by atoms with van der Waals surface area (Å²) in [5.74, 6) is -0.138. The van der Waals surface area contributed by atoms with Gasteiger partial charge >= 0.3 is 0 Å². The standard InChI is InChI=1S/C17H27FN2/c1-3-7-17(8-10-19-11-9-17)14-20(2)13-15-5-4-6-16(18)12-15/h4-6,12,19H,3,7-11,13-14H2,1-2H3. The molecule has 3 heteroatoms. The normalized spacial score (nSPS) is 18.4. The first kappa shape index (κ1) is 15.5. The molecule has 0 aromatic heterocycles. The van der Waals surface area contributed by atoms with Gasteiger partial charge in [0.1, 0.15) is 5.82 Å². The molecule has 1 N–H and O–H groups in total. The number of piperidine rings is 1. The highest BCUT2D eigenvalue weighted by Crippen LogP contribution is 2.34. The van der Waals surface area contributed by atoms with E-state index < -0.39 is 0 Å². The molecular formula is C17H27FN2. The van der Waals surface area contributed by atoms with Crippen LogP contribution in [0.2, 0.25) is 0 Å². The van der Waals surface area contributed by atoms with E-state index in [2.05, 4.69) is 24.2 Å². The van der Waals surface area contributed by atoms with Crippen LogP contribution in [0.25, 0.3) is 0 Å². The average molecular weight is 278 g/mol.